The van der Waals surface area contributed by atoms with Gasteiger partial charge >= 0.3 is 0 Å². The Morgan fingerprint density at radius 3 is 2.47 bits per heavy atom. The van der Waals surface area contributed by atoms with Crippen molar-refractivity contribution in [2.45, 2.75) is 45.3 Å². The van der Waals surface area contributed by atoms with E-state index < -0.39 is 0 Å². The molecule has 2 unspecified atom stereocenters. The van der Waals surface area contributed by atoms with Crippen molar-refractivity contribution in [1.29, 1.82) is 0 Å². The highest BCUT2D eigenvalue weighted by molar-refractivity contribution is 5.37. The summed E-state index contributed by atoms with van der Waals surface area (Å²) in [5.74, 6) is -0.194. The maximum absolute atomic E-state index is 13.2. The number of aryl methyl sites for hydroxylation is 2. The van der Waals surface area contributed by atoms with E-state index >= 15 is 0 Å². The van der Waals surface area contributed by atoms with Gasteiger partial charge in [-0.1, -0.05) is 0 Å². The predicted octanol–water partition coefficient (Wildman–Crippen LogP) is 3.01. The highest BCUT2D eigenvalue weighted by Crippen LogP contribution is 2.29. The molecular weight excluding hydrogens is 217 g/mol. The average Bonchev–Trinajstić information content (AvgIpc) is 2.28. The van der Waals surface area contributed by atoms with Crippen LogP contribution in [-0.4, -0.2) is 12.7 Å². The van der Waals surface area contributed by atoms with Crippen molar-refractivity contribution in [3.8, 4) is 0 Å². The molecule has 0 radical (unpaired) electrons. The zero-order valence-electron chi connectivity index (χ0n) is 10.5. The number of rotatable bonds is 2. The summed E-state index contributed by atoms with van der Waals surface area (Å²) >= 11 is 0. The lowest BCUT2D eigenvalue weighted by molar-refractivity contribution is -0.000232. The molecular formula is C14H20FNO. The average molecular weight is 237 g/mol. The number of halogens is 1. The van der Waals surface area contributed by atoms with Gasteiger partial charge < -0.3 is 10.5 Å². The third-order valence-corrected chi connectivity index (χ3v) is 3.51. The van der Waals surface area contributed by atoms with Crippen LogP contribution in [0.15, 0.2) is 12.1 Å². The largest absolute Gasteiger partial charge is 0.376 e. The van der Waals surface area contributed by atoms with Crippen molar-refractivity contribution >= 4 is 0 Å². The van der Waals surface area contributed by atoms with E-state index in [0.29, 0.717) is 0 Å². The molecule has 2 atom stereocenters. The predicted molar refractivity (Wildman–Crippen MR) is 66.4 cm³/mol. The zero-order valence-corrected chi connectivity index (χ0v) is 10.5. The Bertz CT molecular complexity index is 376. The SMILES string of the molecule is Cc1cc(F)cc(C)c1C(N)C1CCCCO1. The molecule has 1 heterocycles. The van der Waals surface area contributed by atoms with E-state index in [4.69, 9.17) is 10.5 Å². The fourth-order valence-corrected chi connectivity index (χ4v) is 2.68. The van der Waals surface area contributed by atoms with Crippen LogP contribution in [-0.2, 0) is 4.74 Å². The van der Waals surface area contributed by atoms with E-state index in [-0.39, 0.29) is 18.0 Å². The summed E-state index contributed by atoms with van der Waals surface area (Å²) in [6, 6.07) is 2.95. The van der Waals surface area contributed by atoms with Crippen LogP contribution in [0.25, 0.3) is 0 Å². The van der Waals surface area contributed by atoms with Crippen LogP contribution < -0.4 is 5.73 Å². The van der Waals surface area contributed by atoms with E-state index in [1.807, 2.05) is 13.8 Å². The first-order chi connectivity index (χ1) is 8.09. The molecule has 1 aromatic carbocycles. The van der Waals surface area contributed by atoms with Gasteiger partial charge in [-0.05, 0) is 61.9 Å². The smallest absolute Gasteiger partial charge is 0.123 e. The number of hydrogen-bond acceptors (Lipinski definition) is 2. The molecule has 2 nitrogen and oxygen atoms in total. The summed E-state index contributed by atoms with van der Waals surface area (Å²) in [5, 5.41) is 0. The monoisotopic (exact) mass is 237 g/mol. The van der Waals surface area contributed by atoms with Crippen LogP contribution in [0.1, 0.15) is 42.0 Å². The van der Waals surface area contributed by atoms with Gasteiger partial charge in [-0.2, -0.15) is 0 Å². The number of ether oxygens (including phenoxy) is 1. The molecule has 17 heavy (non-hydrogen) atoms. The Kier molecular flexibility index (Phi) is 3.79. The van der Waals surface area contributed by atoms with Crippen LogP contribution in [0.5, 0.6) is 0 Å². The van der Waals surface area contributed by atoms with Crippen molar-refractivity contribution in [2.75, 3.05) is 6.61 Å². The molecule has 1 fully saturated rings. The maximum atomic E-state index is 13.2. The fraction of sp³-hybridized carbons (Fsp3) is 0.571. The van der Waals surface area contributed by atoms with Crippen molar-refractivity contribution in [1.82, 2.24) is 0 Å². The third-order valence-electron chi connectivity index (χ3n) is 3.51. The molecule has 1 saturated heterocycles. The topological polar surface area (TPSA) is 35.2 Å². The van der Waals surface area contributed by atoms with Gasteiger partial charge in [-0.3, -0.25) is 0 Å². The van der Waals surface area contributed by atoms with Crippen LogP contribution in [0.2, 0.25) is 0 Å². The molecule has 1 aliphatic rings. The fourth-order valence-electron chi connectivity index (χ4n) is 2.68. The van der Waals surface area contributed by atoms with E-state index in [2.05, 4.69) is 0 Å². The molecule has 1 aliphatic heterocycles. The van der Waals surface area contributed by atoms with Crippen LogP contribution in [0, 0.1) is 19.7 Å². The van der Waals surface area contributed by atoms with Crippen LogP contribution in [0.4, 0.5) is 4.39 Å². The second-order valence-electron chi connectivity index (χ2n) is 4.88. The highest BCUT2D eigenvalue weighted by Gasteiger charge is 2.25. The standard InChI is InChI=1S/C14H20FNO/c1-9-7-11(15)8-10(2)13(9)14(16)12-5-3-4-6-17-12/h7-8,12,14H,3-6,16H2,1-2H3. The van der Waals surface area contributed by atoms with Gasteiger partial charge in [0.2, 0.25) is 0 Å². The molecule has 0 bridgehead atoms. The van der Waals surface area contributed by atoms with E-state index in [9.17, 15) is 4.39 Å². The van der Waals surface area contributed by atoms with Gasteiger partial charge in [0.15, 0.2) is 0 Å². The van der Waals surface area contributed by atoms with Crippen molar-refractivity contribution in [3.63, 3.8) is 0 Å². The lowest BCUT2D eigenvalue weighted by Crippen LogP contribution is -2.32. The first-order valence-corrected chi connectivity index (χ1v) is 6.23. The highest BCUT2D eigenvalue weighted by atomic mass is 19.1. The molecule has 1 aromatic rings. The minimum Gasteiger partial charge on any atom is -0.376 e. The minimum atomic E-state index is -0.194. The summed E-state index contributed by atoms with van der Waals surface area (Å²) < 4.78 is 19.0. The van der Waals surface area contributed by atoms with Crippen LogP contribution in [0.3, 0.4) is 0 Å². The van der Waals surface area contributed by atoms with Gasteiger partial charge in [0.25, 0.3) is 0 Å². The normalized spacial score (nSPS) is 22.5. The molecule has 0 aromatic heterocycles. The zero-order chi connectivity index (χ0) is 12.4. The number of nitrogens with two attached hydrogens (primary N) is 1. The third kappa shape index (κ3) is 2.67. The molecule has 0 spiro atoms. The van der Waals surface area contributed by atoms with Crippen molar-refractivity contribution < 1.29 is 9.13 Å². The lowest BCUT2D eigenvalue weighted by atomic mass is 9.90. The molecule has 94 valence electrons. The first-order valence-electron chi connectivity index (χ1n) is 6.23. The summed E-state index contributed by atoms with van der Waals surface area (Å²) in [7, 11) is 0. The van der Waals surface area contributed by atoms with Gasteiger partial charge in [0.1, 0.15) is 5.82 Å². The van der Waals surface area contributed by atoms with E-state index in [1.165, 1.54) is 0 Å². The Balaban J connectivity index is 2.26. The van der Waals surface area contributed by atoms with E-state index in [0.717, 1.165) is 42.6 Å². The Hall–Kier alpha value is -0.930. The van der Waals surface area contributed by atoms with Gasteiger partial charge in [-0.15, -0.1) is 0 Å². The number of hydrogen-bond donors (Lipinski definition) is 1. The Morgan fingerprint density at radius 1 is 1.29 bits per heavy atom. The summed E-state index contributed by atoms with van der Waals surface area (Å²) in [4.78, 5) is 0. The number of benzene rings is 1. The lowest BCUT2D eigenvalue weighted by Gasteiger charge is -2.30. The summed E-state index contributed by atoms with van der Waals surface area (Å²) in [6.07, 6.45) is 3.35. The molecule has 2 rings (SSSR count). The Labute approximate surface area is 102 Å². The second kappa shape index (κ2) is 5.15. The van der Waals surface area contributed by atoms with E-state index in [1.54, 1.807) is 12.1 Å². The van der Waals surface area contributed by atoms with Crippen molar-refractivity contribution in [2.24, 2.45) is 5.73 Å². The van der Waals surface area contributed by atoms with Gasteiger partial charge in [-0.25, -0.2) is 4.39 Å². The molecule has 0 aliphatic carbocycles. The maximum Gasteiger partial charge on any atom is 0.123 e. The quantitative estimate of drug-likeness (QED) is 0.858. The van der Waals surface area contributed by atoms with Crippen LogP contribution >= 0.6 is 0 Å². The summed E-state index contributed by atoms with van der Waals surface area (Å²) in [5.41, 5.74) is 9.16. The molecule has 3 heteroatoms. The summed E-state index contributed by atoms with van der Waals surface area (Å²) in [6.45, 7) is 4.61. The first kappa shape index (κ1) is 12.5. The minimum absolute atomic E-state index is 0.0756. The van der Waals surface area contributed by atoms with Gasteiger partial charge in [0.05, 0.1) is 12.1 Å². The molecule has 0 amide bonds. The van der Waals surface area contributed by atoms with Gasteiger partial charge in [0, 0.05) is 6.61 Å². The molecule has 2 N–H and O–H groups in total. The molecule has 0 saturated carbocycles. The second-order valence-corrected chi connectivity index (χ2v) is 4.88. The van der Waals surface area contributed by atoms with Crippen molar-refractivity contribution in [3.05, 3.63) is 34.6 Å². The Morgan fingerprint density at radius 2 is 1.94 bits per heavy atom.